The van der Waals surface area contributed by atoms with Gasteiger partial charge in [-0.3, -0.25) is 0 Å². The lowest BCUT2D eigenvalue weighted by molar-refractivity contribution is 0.581. The summed E-state index contributed by atoms with van der Waals surface area (Å²) >= 11 is 3.43. The number of unbranched alkanes of at least 4 members (excludes halogenated alkanes) is 1. The van der Waals surface area contributed by atoms with Gasteiger partial charge in [-0.25, -0.2) is 8.42 Å². The highest BCUT2D eigenvalue weighted by molar-refractivity contribution is 9.09. The lowest BCUT2D eigenvalue weighted by Crippen LogP contribution is -2.17. The molecule has 0 fully saturated rings. The maximum Gasteiger partial charge on any atom is 0.152 e. The van der Waals surface area contributed by atoms with Gasteiger partial charge in [0.25, 0.3) is 0 Å². The standard InChI is InChI=1S/C9H19BrO2S/c1-8(2)13(11,12)7-5-4-6-9(3)10/h8-9H,4-7H2,1-3H3. The number of hydrogen-bond acceptors (Lipinski definition) is 2. The van der Waals surface area contributed by atoms with Crippen LogP contribution in [0, 0.1) is 0 Å². The Labute approximate surface area is 90.2 Å². The summed E-state index contributed by atoms with van der Waals surface area (Å²) in [5.41, 5.74) is 0. The SMILES string of the molecule is CC(Br)CCCCS(=O)(=O)C(C)C. The van der Waals surface area contributed by atoms with E-state index in [0.29, 0.717) is 10.6 Å². The second kappa shape index (κ2) is 6.02. The van der Waals surface area contributed by atoms with E-state index in [1.54, 1.807) is 13.8 Å². The van der Waals surface area contributed by atoms with Gasteiger partial charge in [0.05, 0.1) is 11.0 Å². The van der Waals surface area contributed by atoms with Crippen molar-refractivity contribution in [2.75, 3.05) is 5.75 Å². The van der Waals surface area contributed by atoms with Crippen LogP contribution in [0.15, 0.2) is 0 Å². The van der Waals surface area contributed by atoms with E-state index in [2.05, 4.69) is 22.9 Å². The molecule has 0 N–H and O–H groups in total. The predicted molar refractivity (Wildman–Crippen MR) is 61.2 cm³/mol. The van der Waals surface area contributed by atoms with Crippen molar-refractivity contribution in [2.24, 2.45) is 0 Å². The minimum atomic E-state index is -2.81. The van der Waals surface area contributed by atoms with Gasteiger partial charge in [0.2, 0.25) is 0 Å². The van der Waals surface area contributed by atoms with Gasteiger partial charge in [-0.05, 0) is 26.7 Å². The van der Waals surface area contributed by atoms with Crippen LogP contribution in [-0.4, -0.2) is 24.2 Å². The minimum Gasteiger partial charge on any atom is -0.229 e. The first-order chi connectivity index (χ1) is 5.86. The van der Waals surface area contributed by atoms with E-state index >= 15 is 0 Å². The van der Waals surface area contributed by atoms with Crippen LogP contribution < -0.4 is 0 Å². The Kier molecular flexibility index (Phi) is 6.21. The van der Waals surface area contributed by atoms with Gasteiger partial charge in [0, 0.05) is 4.83 Å². The Bertz CT molecular complexity index is 220. The highest BCUT2D eigenvalue weighted by atomic mass is 79.9. The summed E-state index contributed by atoms with van der Waals surface area (Å²) in [5, 5.41) is -0.228. The number of sulfone groups is 1. The summed E-state index contributed by atoms with van der Waals surface area (Å²) < 4.78 is 22.7. The average Bonchev–Trinajstić information content (AvgIpc) is 1.97. The first-order valence-corrected chi connectivity index (χ1v) is 7.35. The Hall–Kier alpha value is 0.430. The molecule has 0 saturated heterocycles. The quantitative estimate of drug-likeness (QED) is 0.550. The van der Waals surface area contributed by atoms with E-state index in [-0.39, 0.29) is 5.25 Å². The van der Waals surface area contributed by atoms with Crippen LogP contribution in [0.2, 0.25) is 0 Å². The molecule has 0 bridgehead atoms. The molecule has 0 rings (SSSR count). The van der Waals surface area contributed by atoms with E-state index in [0.717, 1.165) is 19.3 Å². The number of halogens is 1. The van der Waals surface area contributed by atoms with Crippen LogP contribution in [0.25, 0.3) is 0 Å². The van der Waals surface area contributed by atoms with Crippen LogP contribution in [0.3, 0.4) is 0 Å². The molecule has 0 aliphatic rings. The van der Waals surface area contributed by atoms with E-state index in [9.17, 15) is 8.42 Å². The molecule has 13 heavy (non-hydrogen) atoms. The fraction of sp³-hybridized carbons (Fsp3) is 1.00. The van der Waals surface area contributed by atoms with Crippen molar-refractivity contribution >= 4 is 25.8 Å². The molecule has 0 heterocycles. The average molecular weight is 271 g/mol. The van der Waals surface area contributed by atoms with Gasteiger partial charge in [-0.1, -0.05) is 29.3 Å². The zero-order chi connectivity index (χ0) is 10.5. The molecule has 1 atom stereocenters. The molecule has 2 nitrogen and oxygen atoms in total. The summed E-state index contributed by atoms with van der Waals surface area (Å²) in [6.45, 7) is 5.56. The lowest BCUT2D eigenvalue weighted by atomic mass is 10.2. The molecule has 0 aromatic heterocycles. The normalized spacial score (nSPS) is 14.8. The van der Waals surface area contributed by atoms with Crippen LogP contribution in [0.4, 0.5) is 0 Å². The van der Waals surface area contributed by atoms with E-state index in [1.807, 2.05) is 0 Å². The summed E-state index contributed by atoms with van der Waals surface area (Å²) in [5.74, 6) is 0.338. The Morgan fingerprint density at radius 3 is 2.08 bits per heavy atom. The first kappa shape index (κ1) is 13.4. The van der Waals surface area contributed by atoms with Crippen molar-refractivity contribution < 1.29 is 8.42 Å². The molecular weight excluding hydrogens is 252 g/mol. The van der Waals surface area contributed by atoms with Crippen molar-refractivity contribution in [3.8, 4) is 0 Å². The van der Waals surface area contributed by atoms with Gasteiger partial charge in [0.15, 0.2) is 9.84 Å². The Balaban J connectivity index is 3.66. The van der Waals surface area contributed by atoms with Crippen molar-refractivity contribution in [2.45, 2.75) is 50.1 Å². The van der Waals surface area contributed by atoms with Gasteiger partial charge < -0.3 is 0 Å². The molecule has 0 saturated carbocycles. The maximum absolute atomic E-state index is 11.4. The molecule has 0 radical (unpaired) electrons. The Morgan fingerprint density at radius 1 is 1.15 bits per heavy atom. The summed E-state index contributed by atoms with van der Waals surface area (Å²) in [6.07, 6.45) is 2.82. The third kappa shape index (κ3) is 6.49. The third-order valence-electron chi connectivity index (χ3n) is 2.00. The number of alkyl halides is 1. The Morgan fingerprint density at radius 2 is 1.69 bits per heavy atom. The van der Waals surface area contributed by atoms with Crippen LogP contribution in [-0.2, 0) is 9.84 Å². The summed E-state index contributed by atoms with van der Waals surface area (Å²) in [7, 11) is -2.81. The van der Waals surface area contributed by atoms with Crippen LogP contribution in [0.5, 0.6) is 0 Å². The van der Waals surface area contributed by atoms with Crippen LogP contribution >= 0.6 is 15.9 Å². The highest BCUT2D eigenvalue weighted by Gasteiger charge is 2.14. The predicted octanol–water partition coefficient (Wildman–Crippen LogP) is 2.76. The van der Waals surface area contributed by atoms with Crippen molar-refractivity contribution in [3.05, 3.63) is 0 Å². The topological polar surface area (TPSA) is 34.1 Å². The number of rotatable bonds is 6. The summed E-state index contributed by atoms with van der Waals surface area (Å²) in [6, 6.07) is 0. The van der Waals surface area contributed by atoms with Gasteiger partial charge in [-0.2, -0.15) is 0 Å². The molecule has 4 heteroatoms. The van der Waals surface area contributed by atoms with E-state index < -0.39 is 9.84 Å². The fourth-order valence-corrected chi connectivity index (χ4v) is 2.37. The second-order valence-corrected chi connectivity index (χ2v) is 7.93. The molecule has 0 amide bonds. The van der Waals surface area contributed by atoms with Gasteiger partial charge in [0.1, 0.15) is 0 Å². The lowest BCUT2D eigenvalue weighted by Gasteiger charge is -2.07. The highest BCUT2D eigenvalue weighted by Crippen LogP contribution is 2.11. The van der Waals surface area contributed by atoms with Crippen molar-refractivity contribution in [1.29, 1.82) is 0 Å². The van der Waals surface area contributed by atoms with E-state index in [4.69, 9.17) is 0 Å². The molecular formula is C9H19BrO2S. The van der Waals surface area contributed by atoms with Crippen LogP contribution in [0.1, 0.15) is 40.0 Å². The molecule has 0 spiro atoms. The van der Waals surface area contributed by atoms with Gasteiger partial charge >= 0.3 is 0 Å². The molecule has 0 aliphatic carbocycles. The third-order valence-corrected chi connectivity index (χ3v) is 4.75. The van der Waals surface area contributed by atoms with Crippen molar-refractivity contribution in [3.63, 3.8) is 0 Å². The van der Waals surface area contributed by atoms with Gasteiger partial charge in [-0.15, -0.1) is 0 Å². The maximum atomic E-state index is 11.4. The molecule has 1 unspecified atom stereocenters. The largest absolute Gasteiger partial charge is 0.229 e. The molecule has 0 aromatic carbocycles. The summed E-state index contributed by atoms with van der Waals surface area (Å²) in [4.78, 5) is 0.495. The molecule has 0 aromatic rings. The molecule has 80 valence electrons. The van der Waals surface area contributed by atoms with E-state index in [1.165, 1.54) is 0 Å². The fourth-order valence-electron chi connectivity index (χ4n) is 0.965. The van der Waals surface area contributed by atoms with Crippen molar-refractivity contribution in [1.82, 2.24) is 0 Å². The monoisotopic (exact) mass is 270 g/mol. The smallest absolute Gasteiger partial charge is 0.152 e. The molecule has 0 aliphatic heterocycles. The second-order valence-electron chi connectivity index (χ2n) is 3.69. The number of hydrogen-bond donors (Lipinski definition) is 0. The zero-order valence-electron chi connectivity index (χ0n) is 8.59. The minimum absolute atomic E-state index is 0.228. The zero-order valence-corrected chi connectivity index (χ0v) is 11.0. The first-order valence-electron chi connectivity index (χ1n) is 4.72.